The van der Waals surface area contributed by atoms with Gasteiger partial charge in [0.05, 0.1) is 6.21 Å². The number of nitrogens with zero attached hydrogens (tertiary/aromatic N) is 1. The lowest BCUT2D eigenvalue weighted by molar-refractivity contribution is 0.0955. The van der Waals surface area contributed by atoms with Crippen molar-refractivity contribution in [2.24, 2.45) is 5.10 Å². The van der Waals surface area contributed by atoms with Crippen LogP contribution >= 0.6 is 38.9 Å². The van der Waals surface area contributed by atoms with Crippen LogP contribution in [0.4, 0.5) is 0 Å². The van der Waals surface area contributed by atoms with Gasteiger partial charge in [0.1, 0.15) is 0 Å². The maximum atomic E-state index is 11.7. The molecule has 0 bridgehead atoms. The number of halogens is 2. The van der Waals surface area contributed by atoms with E-state index in [1.54, 1.807) is 30.5 Å². The van der Waals surface area contributed by atoms with Crippen LogP contribution in [0.1, 0.15) is 15.2 Å². The molecule has 2 aromatic rings. The maximum Gasteiger partial charge on any atom is 0.271 e. The van der Waals surface area contributed by atoms with Crippen LogP contribution in [0.5, 0.6) is 0 Å². The molecule has 1 amide bonds. The number of thiophene rings is 1. The second-order valence-electron chi connectivity index (χ2n) is 3.38. The van der Waals surface area contributed by atoms with Crippen molar-refractivity contribution >= 4 is 51.0 Å². The molecular weight excluding hydrogens is 336 g/mol. The summed E-state index contributed by atoms with van der Waals surface area (Å²) in [5.74, 6) is -0.288. The summed E-state index contributed by atoms with van der Waals surface area (Å²) in [5, 5.41) is 6.35. The van der Waals surface area contributed by atoms with Crippen LogP contribution in [-0.2, 0) is 0 Å². The molecule has 2 rings (SSSR count). The van der Waals surface area contributed by atoms with Crippen LogP contribution < -0.4 is 5.43 Å². The SMILES string of the molecule is O=C(N/N=C/c1cc(Br)cs1)c1cccc(Cl)c1. The highest BCUT2D eigenvalue weighted by atomic mass is 79.9. The number of carbonyl (C=O) groups excluding carboxylic acids is 1. The highest BCUT2D eigenvalue weighted by Gasteiger charge is 2.03. The van der Waals surface area contributed by atoms with Gasteiger partial charge in [0, 0.05) is 25.3 Å². The van der Waals surface area contributed by atoms with Gasteiger partial charge in [-0.1, -0.05) is 17.7 Å². The first-order chi connectivity index (χ1) is 8.65. The Bertz CT molecular complexity index is 597. The van der Waals surface area contributed by atoms with Gasteiger partial charge in [-0.25, -0.2) is 5.43 Å². The van der Waals surface area contributed by atoms with Crippen molar-refractivity contribution in [1.82, 2.24) is 5.43 Å². The minimum atomic E-state index is -0.288. The van der Waals surface area contributed by atoms with Gasteiger partial charge in [0.2, 0.25) is 0 Å². The standard InChI is InChI=1S/C12H8BrClN2OS/c13-9-5-11(18-7-9)6-15-16-12(17)8-2-1-3-10(14)4-8/h1-7H,(H,16,17)/b15-6+. The molecule has 0 unspecified atom stereocenters. The third-order valence-corrected chi connectivity index (χ3v) is 3.90. The molecule has 0 spiro atoms. The summed E-state index contributed by atoms with van der Waals surface area (Å²) >= 11 is 10.7. The predicted molar refractivity (Wildman–Crippen MR) is 78.5 cm³/mol. The van der Waals surface area contributed by atoms with E-state index >= 15 is 0 Å². The molecular formula is C12H8BrClN2OS. The second-order valence-corrected chi connectivity index (χ2v) is 5.67. The van der Waals surface area contributed by atoms with Gasteiger partial charge in [-0.2, -0.15) is 5.10 Å². The van der Waals surface area contributed by atoms with E-state index in [9.17, 15) is 4.79 Å². The van der Waals surface area contributed by atoms with E-state index in [0.717, 1.165) is 9.35 Å². The Labute approximate surface area is 122 Å². The first-order valence-corrected chi connectivity index (χ1v) is 7.03. The normalized spacial score (nSPS) is 10.8. The first kappa shape index (κ1) is 13.3. The van der Waals surface area contributed by atoms with E-state index in [2.05, 4.69) is 26.5 Å². The molecule has 92 valence electrons. The molecule has 0 radical (unpaired) electrons. The van der Waals surface area contributed by atoms with Crippen molar-refractivity contribution in [1.29, 1.82) is 0 Å². The molecule has 0 aliphatic rings. The second kappa shape index (κ2) is 6.13. The molecule has 18 heavy (non-hydrogen) atoms. The van der Waals surface area contributed by atoms with E-state index in [4.69, 9.17) is 11.6 Å². The molecule has 1 N–H and O–H groups in total. The van der Waals surface area contributed by atoms with Crippen LogP contribution in [-0.4, -0.2) is 12.1 Å². The van der Waals surface area contributed by atoms with E-state index in [-0.39, 0.29) is 5.91 Å². The van der Waals surface area contributed by atoms with Gasteiger partial charge >= 0.3 is 0 Å². The first-order valence-electron chi connectivity index (χ1n) is 4.98. The lowest BCUT2D eigenvalue weighted by atomic mass is 10.2. The maximum absolute atomic E-state index is 11.7. The minimum Gasteiger partial charge on any atom is -0.267 e. The topological polar surface area (TPSA) is 41.5 Å². The summed E-state index contributed by atoms with van der Waals surface area (Å²) in [6.07, 6.45) is 1.60. The molecule has 0 aliphatic heterocycles. The third kappa shape index (κ3) is 3.66. The van der Waals surface area contributed by atoms with E-state index in [1.807, 2.05) is 11.4 Å². The zero-order valence-electron chi connectivity index (χ0n) is 9.06. The third-order valence-electron chi connectivity index (χ3n) is 2.03. The lowest BCUT2D eigenvalue weighted by Crippen LogP contribution is -2.17. The Balaban J connectivity index is 1.98. The van der Waals surface area contributed by atoms with E-state index in [0.29, 0.717) is 10.6 Å². The number of hydrazone groups is 1. The lowest BCUT2D eigenvalue weighted by Gasteiger charge is -1.99. The molecule has 0 atom stereocenters. The van der Waals surface area contributed by atoms with Crippen molar-refractivity contribution in [2.75, 3.05) is 0 Å². The van der Waals surface area contributed by atoms with Gasteiger partial charge in [0.25, 0.3) is 5.91 Å². The predicted octanol–water partition coefficient (Wildman–Crippen LogP) is 3.93. The highest BCUT2D eigenvalue weighted by molar-refractivity contribution is 9.10. The fourth-order valence-electron chi connectivity index (χ4n) is 1.24. The fraction of sp³-hybridized carbons (Fsp3) is 0. The molecule has 1 heterocycles. The molecule has 0 saturated heterocycles. The summed E-state index contributed by atoms with van der Waals surface area (Å²) in [7, 11) is 0. The number of rotatable bonds is 3. The number of benzene rings is 1. The van der Waals surface area contributed by atoms with Crippen molar-refractivity contribution in [3.63, 3.8) is 0 Å². The molecule has 0 saturated carbocycles. The summed E-state index contributed by atoms with van der Waals surface area (Å²) in [5.41, 5.74) is 2.93. The molecule has 1 aromatic carbocycles. The number of hydrogen-bond acceptors (Lipinski definition) is 3. The van der Waals surface area contributed by atoms with Crippen LogP contribution in [0.25, 0.3) is 0 Å². The zero-order valence-corrected chi connectivity index (χ0v) is 12.2. The Morgan fingerprint density at radius 1 is 1.44 bits per heavy atom. The molecule has 3 nitrogen and oxygen atoms in total. The van der Waals surface area contributed by atoms with Crippen LogP contribution in [0.15, 0.2) is 45.3 Å². The van der Waals surface area contributed by atoms with Crippen molar-refractivity contribution in [3.8, 4) is 0 Å². The summed E-state index contributed by atoms with van der Waals surface area (Å²) in [6.45, 7) is 0. The van der Waals surface area contributed by atoms with E-state index in [1.165, 1.54) is 11.3 Å². The summed E-state index contributed by atoms with van der Waals surface area (Å²) < 4.78 is 0.995. The van der Waals surface area contributed by atoms with Gasteiger partial charge in [-0.05, 0) is 40.2 Å². The summed E-state index contributed by atoms with van der Waals surface area (Å²) in [6, 6.07) is 8.62. The van der Waals surface area contributed by atoms with Gasteiger partial charge in [0.15, 0.2) is 0 Å². The highest BCUT2D eigenvalue weighted by Crippen LogP contribution is 2.17. The quantitative estimate of drug-likeness (QED) is 0.666. The fourth-order valence-corrected chi connectivity index (χ4v) is 2.74. The van der Waals surface area contributed by atoms with Gasteiger partial charge in [-0.15, -0.1) is 11.3 Å². The number of carbonyl (C=O) groups is 1. The number of amides is 1. The van der Waals surface area contributed by atoms with Crippen molar-refractivity contribution in [3.05, 3.63) is 55.6 Å². The van der Waals surface area contributed by atoms with Crippen LogP contribution in [0, 0.1) is 0 Å². The minimum absolute atomic E-state index is 0.288. The zero-order chi connectivity index (χ0) is 13.0. The molecule has 0 fully saturated rings. The van der Waals surface area contributed by atoms with Crippen LogP contribution in [0.2, 0.25) is 5.02 Å². The monoisotopic (exact) mass is 342 g/mol. The molecule has 6 heteroatoms. The largest absolute Gasteiger partial charge is 0.271 e. The van der Waals surface area contributed by atoms with Crippen molar-refractivity contribution < 1.29 is 4.79 Å². The Morgan fingerprint density at radius 2 is 2.28 bits per heavy atom. The molecule has 1 aromatic heterocycles. The number of hydrogen-bond donors (Lipinski definition) is 1. The Kier molecular flexibility index (Phi) is 4.52. The average Bonchev–Trinajstić information content (AvgIpc) is 2.75. The summed E-state index contributed by atoms with van der Waals surface area (Å²) in [4.78, 5) is 12.7. The average molecular weight is 344 g/mol. The number of nitrogens with one attached hydrogen (secondary N) is 1. The molecule has 0 aliphatic carbocycles. The van der Waals surface area contributed by atoms with Crippen LogP contribution in [0.3, 0.4) is 0 Å². The van der Waals surface area contributed by atoms with Crippen molar-refractivity contribution in [2.45, 2.75) is 0 Å². The Morgan fingerprint density at radius 3 is 2.94 bits per heavy atom. The van der Waals surface area contributed by atoms with E-state index < -0.39 is 0 Å². The smallest absolute Gasteiger partial charge is 0.267 e. The van der Waals surface area contributed by atoms with Gasteiger partial charge in [-0.3, -0.25) is 4.79 Å². The van der Waals surface area contributed by atoms with Gasteiger partial charge < -0.3 is 0 Å². The Hall–Kier alpha value is -1.17.